The summed E-state index contributed by atoms with van der Waals surface area (Å²) in [5, 5.41) is 8.19. The molecule has 0 bridgehead atoms. The van der Waals surface area contributed by atoms with E-state index in [1.54, 1.807) is 0 Å². The Balaban J connectivity index is 1.08. The molecule has 0 fully saturated rings. The molecular formula is C55H35N3. The number of pyridine rings is 1. The van der Waals surface area contributed by atoms with E-state index in [0.29, 0.717) is 5.82 Å². The van der Waals surface area contributed by atoms with E-state index in [9.17, 15) is 0 Å². The topological polar surface area (TPSA) is 38.7 Å². The van der Waals surface area contributed by atoms with Crippen LogP contribution in [0.1, 0.15) is 0 Å². The molecule has 0 radical (unpaired) electrons. The van der Waals surface area contributed by atoms with Gasteiger partial charge in [0.15, 0.2) is 5.82 Å². The lowest BCUT2D eigenvalue weighted by Crippen LogP contribution is -1.96. The molecule has 0 amide bonds. The van der Waals surface area contributed by atoms with Crippen molar-refractivity contribution in [3.8, 4) is 67.4 Å². The van der Waals surface area contributed by atoms with E-state index >= 15 is 0 Å². The molecule has 11 aromatic rings. The summed E-state index contributed by atoms with van der Waals surface area (Å²) in [6.07, 6.45) is 0. The maximum atomic E-state index is 5.31. The van der Waals surface area contributed by atoms with Gasteiger partial charge < -0.3 is 0 Å². The van der Waals surface area contributed by atoms with Gasteiger partial charge in [-0.15, -0.1) is 0 Å². The first-order chi connectivity index (χ1) is 28.7. The molecule has 2 heterocycles. The van der Waals surface area contributed by atoms with Gasteiger partial charge in [-0.25, -0.2) is 15.0 Å². The number of hydrogen-bond donors (Lipinski definition) is 0. The highest BCUT2D eigenvalue weighted by Crippen LogP contribution is 2.40. The van der Waals surface area contributed by atoms with Crippen LogP contribution in [0.2, 0.25) is 0 Å². The van der Waals surface area contributed by atoms with Gasteiger partial charge in [-0.1, -0.05) is 176 Å². The van der Waals surface area contributed by atoms with Gasteiger partial charge in [0.2, 0.25) is 0 Å². The van der Waals surface area contributed by atoms with E-state index < -0.39 is 0 Å². The van der Waals surface area contributed by atoms with E-state index in [1.807, 2.05) is 0 Å². The maximum absolute atomic E-state index is 5.31. The minimum atomic E-state index is 0.697. The Hall–Kier alpha value is -7.75. The van der Waals surface area contributed by atoms with Crippen molar-refractivity contribution >= 4 is 43.2 Å². The highest BCUT2D eigenvalue weighted by Gasteiger charge is 2.17. The standard InChI is InChI=1S/C55H35N3/c1-3-15-38(16-4-1)47-23-12-24-48-53(47)49-34-43(29-30-50(49)56-54(48)39-17-5-2-6-18-39)42-21-11-22-44(32-42)51-35-52(45-27-25-36-13-7-9-19-40(36)31-45)58-55(57-51)46-28-26-37-14-8-10-20-41(37)33-46/h1-35H. The molecule has 3 nitrogen and oxygen atoms in total. The second-order valence-electron chi connectivity index (χ2n) is 14.8. The summed E-state index contributed by atoms with van der Waals surface area (Å²) in [5.74, 6) is 0.697. The van der Waals surface area contributed by atoms with Crippen molar-refractivity contribution in [2.45, 2.75) is 0 Å². The Bertz CT molecular complexity index is 3240. The first-order valence-electron chi connectivity index (χ1n) is 19.7. The zero-order valence-corrected chi connectivity index (χ0v) is 31.5. The molecule has 270 valence electrons. The zero-order valence-electron chi connectivity index (χ0n) is 31.5. The molecule has 0 spiro atoms. The van der Waals surface area contributed by atoms with Crippen molar-refractivity contribution in [3.63, 3.8) is 0 Å². The van der Waals surface area contributed by atoms with Crippen LogP contribution in [-0.4, -0.2) is 15.0 Å². The monoisotopic (exact) mass is 737 g/mol. The third kappa shape index (κ3) is 6.07. The lowest BCUT2D eigenvalue weighted by molar-refractivity contribution is 1.18. The van der Waals surface area contributed by atoms with Crippen LogP contribution in [0.3, 0.4) is 0 Å². The summed E-state index contributed by atoms with van der Waals surface area (Å²) in [6.45, 7) is 0. The zero-order chi connectivity index (χ0) is 38.4. The SMILES string of the molecule is c1ccc(-c2nc3ccc(-c4cccc(-c5cc(-c6ccc7ccccc7c6)nc(-c6ccc7ccccc7c6)n5)c4)cc3c3c(-c4ccccc4)cccc23)cc1. The van der Waals surface area contributed by atoms with E-state index in [2.05, 4.69) is 212 Å². The van der Waals surface area contributed by atoms with Crippen LogP contribution in [0, 0.1) is 0 Å². The summed E-state index contributed by atoms with van der Waals surface area (Å²) < 4.78 is 0. The number of nitrogens with zero attached hydrogens (tertiary/aromatic N) is 3. The molecule has 9 aromatic carbocycles. The highest BCUT2D eigenvalue weighted by molar-refractivity contribution is 6.17. The van der Waals surface area contributed by atoms with Crippen molar-refractivity contribution in [1.82, 2.24) is 15.0 Å². The number of hydrogen-bond acceptors (Lipinski definition) is 3. The van der Waals surface area contributed by atoms with Crippen LogP contribution in [-0.2, 0) is 0 Å². The van der Waals surface area contributed by atoms with Gasteiger partial charge >= 0.3 is 0 Å². The van der Waals surface area contributed by atoms with E-state index in [4.69, 9.17) is 15.0 Å². The molecule has 0 saturated heterocycles. The predicted octanol–water partition coefficient (Wildman–Crippen LogP) is 14.5. The summed E-state index contributed by atoms with van der Waals surface area (Å²) in [5.41, 5.74) is 12.5. The molecule has 11 rings (SSSR count). The Morgan fingerprint density at radius 1 is 0.276 bits per heavy atom. The van der Waals surface area contributed by atoms with Gasteiger partial charge in [-0.3, -0.25) is 0 Å². The summed E-state index contributed by atoms with van der Waals surface area (Å²) in [4.78, 5) is 15.8. The summed E-state index contributed by atoms with van der Waals surface area (Å²) in [7, 11) is 0. The number of aromatic nitrogens is 3. The third-order valence-corrected chi connectivity index (χ3v) is 11.2. The van der Waals surface area contributed by atoms with Crippen LogP contribution in [0.15, 0.2) is 212 Å². The second-order valence-corrected chi connectivity index (χ2v) is 14.8. The molecule has 58 heavy (non-hydrogen) atoms. The lowest BCUT2D eigenvalue weighted by Gasteiger charge is -2.15. The van der Waals surface area contributed by atoms with Crippen molar-refractivity contribution < 1.29 is 0 Å². The van der Waals surface area contributed by atoms with Crippen LogP contribution in [0.25, 0.3) is 111 Å². The predicted molar refractivity (Wildman–Crippen MR) is 242 cm³/mol. The fraction of sp³-hybridized carbons (Fsp3) is 0. The van der Waals surface area contributed by atoms with Gasteiger partial charge in [0.1, 0.15) is 0 Å². The van der Waals surface area contributed by atoms with E-state index in [1.165, 1.54) is 32.7 Å². The molecule has 3 heteroatoms. The molecule has 0 aliphatic carbocycles. The van der Waals surface area contributed by atoms with Crippen molar-refractivity contribution in [2.24, 2.45) is 0 Å². The Morgan fingerprint density at radius 3 is 1.53 bits per heavy atom. The summed E-state index contributed by atoms with van der Waals surface area (Å²) >= 11 is 0. The number of benzene rings is 9. The molecular weight excluding hydrogens is 703 g/mol. The minimum Gasteiger partial charge on any atom is -0.247 e. The highest BCUT2D eigenvalue weighted by atomic mass is 14.9. The van der Waals surface area contributed by atoms with Crippen LogP contribution in [0.5, 0.6) is 0 Å². The van der Waals surface area contributed by atoms with E-state index in [-0.39, 0.29) is 0 Å². The van der Waals surface area contributed by atoms with Gasteiger partial charge in [0.25, 0.3) is 0 Å². The smallest absolute Gasteiger partial charge is 0.160 e. The fourth-order valence-electron chi connectivity index (χ4n) is 8.32. The Morgan fingerprint density at radius 2 is 0.810 bits per heavy atom. The van der Waals surface area contributed by atoms with Crippen LogP contribution < -0.4 is 0 Å². The minimum absolute atomic E-state index is 0.697. The van der Waals surface area contributed by atoms with Crippen LogP contribution >= 0.6 is 0 Å². The van der Waals surface area contributed by atoms with Crippen molar-refractivity contribution in [2.75, 3.05) is 0 Å². The van der Waals surface area contributed by atoms with Gasteiger partial charge in [0.05, 0.1) is 22.6 Å². The molecule has 0 saturated carbocycles. The molecule has 0 atom stereocenters. The average Bonchev–Trinajstić information content (AvgIpc) is 3.31. The van der Waals surface area contributed by atoms with Gasteiger partial charge in [-0.2, -0.15) is 0 Å². The molecule has 0 aliphatic heterocycles. The lowest BCUT2D eigenvalue weighted by atomic mass is 9.91. The van der Waals surface area contributed by atoms with Gasteiger partial charge in [-0.05, 0) is 80.2 Å². The first-order valence-corrected chi connectivity index (χ1v) is 19.7. The molecule has 2 aromatic heterocycles. The van der Waals surface area contributed by atoms with E-state index in [0.717, 1.165) is 72.1 Å². The second kappa shape index (κ2) is 14.1. The Kier molecular flexibility index (Phi) is 8.15. The fourth-order valence-corrected chi connectivity index (χ4v) is 8.32. The number of rotatable bonds is 6. The average molecular weight is 738 g/mol. The van der Waals surface area contributed by atoms with Crippen LogP contribution in [0.4, 0.5) is 0 Å². The molecule has 0 unspecified atom stereocenters. The first kappa shape index (κ1) is 33.6. The molecule has 0 N–H and O–H groups in total. The molecule has 0 aliphatic rings. The maximum Gasteiger partial charge on any atom is 0.160 e. The van der Waals surface area contributed by atoms with Gasteiger partial charge in [0, 0.05) is 38.4 Å². The van der Waals surface area contributed by atoms with Crippen molar-refractivity contribution in [1.29, 1.82) is 0 Å². The quantitative estimate of drug-likeness (QED) is 0.160. The third-order valence-electron chi connectivity index (χ3n) is 11.2. The number of fused-ring (bicyclic) bond motifs is 5. The summed E-state index contributed by atoms with van der Waals surface area (Å²) in [6, 6.07) is 75.2. The van der Waals surface area contributed by atoms with Crippen molar-refractivity contribution in [3.05, 3.63) is 212 Å². The normalized spacial score (nSPS) is 11.4. The largest absolute Gasteiger partial charge is 0.247 e. The Labute approximate surface area is 336 Å².